The maximum absolute atomic E-state index is 8.75. The summed E-state index contributed by atoms with van der Waals surface area (Å²) >= 11 is 0. The van der Waals surface area contributed by atoms with E-state index < -0.39 is 0 Å². The number of hydrogen-bond donors (Lipinski definition) is 1. The van der Waals surface area contributed by atoms with Crippen molar-refractivity contribution in [1.82, 2.24) is 0 Å². The highest BCUT2D eigenvalue weighted by Gasteiger charge is 2.21. The average molecular weight is 230 g/mol. The molecule has 0 radical (unpaired) electrons. The fraction of sp³-hybridized carbons (Fsp3) is 1.00. The Labute approximate surface area is 99.1 Å². The van der Waals surface area contributed by atoms with Gasteiger partial charge in [0.2, 0.25) is 0 Å². The second kappa shape index (κ2) is 7.25. The third kappa shape index (κ3) is 5.83. The summed E-state index contributed by atoms with van der Waals surface area (Å²) in [5.74, 6) is 0. The van der Waals surface area contributed by atoms with Gasteiger partial charge in [-0.15, -0.1) is 0 Å². The Balaban J connectivity index is 2.13. The molecule has 1 rings (SSSR count). The highest BCUT2D eigenvalue weighted by molar-refractivity contribution is 4.68. The molecule has 1 aliphatic heterocycles. The van der Waals surface area contributed by atoms with Crippen LogP contribution in [-0.2, 0) is 9.47 Å². The molecule has 0 aromatic heterocycles. The molecule has 1 N–H and O–H groups in total. The summed E-state index contributed by atoms with van der Waals surface area (Å²) in [5, 5.41) is 8.75. The van der Waals surface area contributed by atoms with Crippen molar-refractivity contribution >= 4 is 0 Å². The molecule has 0 aromatic carbocycles. The van der Waals surface area contributed by atoms with Crippen molar-refractivity contribution in [2.24, 2.45) is 5.41 Å². The van der Waals surface area contributed by atoms with Crippen molar-refractivity contribution in [1.29, 1.82) is 0 Å². The van der Waals surface area contributed by atoms with E-state index in [0.29, 0.717) is 6.61 Å². The van der Waals surface area contributed by atoms with E-state index in [1.165, 1.54) is 12.8 Å². The molecule has 0 aromatic rings. The third-order valence-corrected chi connectivity index (χ3v) is 3.06. The number of unbranched alkanes of at least 4 members (excludes halogenated alkanes) is 1. The first kappa shape index (κ1) is 13.9. The van der Waals surface area contributed by atoms with Gasteiger partial charge in [-0.05, 0) is 37.5 Å². The van der Waals surface area contributed by atoms with Crippen LogP contribution in [-0.4, -0.2) is 31.2 Å². The van der Waals surface area contributed by atoms with Crippen LogP contribution >= 0.6 is 0 Å². The number of rotatable bonds is 7. The molecular weight excluding hydrogens is 204 g/mol. The van der Waals surface area contributed by atoms with Gasteiger partial charge in [-0.3, -0.25) is 0 Å². The van der Waals surface area contributed by atoms with E-state index in [9.17, 15) is 0 Å². The van der Waals surface area contributed by atoms with Gasteiger partial charge in [-0.2, -0.15) is 0 Å². The van der Waals surface area contributed by atoms with E-state index in [1.54, 1.807) is 0 Å². The first-order valence-corrected chi connectivity index (χ1v) is 6.48. The van der Waals surface area contributed by atoms with E-state index in [4.69, 9.17) is 14.6 Å². The highest BCUT2D eigenvalue weighted by atomic mass is 16.7. The highest BCUT2D eigenvalue weighted by Crippen LogP contribution is 2.25. The zero-order valence-electron chi connectivity index (χ0n) is 10.7. The summed E-state index contributed by atoms with van der Waals surface area (Å²) in [5.41, 5.74) is 0.190. The summed E-state index contributed by atoms with van der Waals surface area (Å²) in [6.07, 6.45) is 6.50. The van der Waals surface area contributed by atoms with Gasteiger partial charge in [-0.1, -0.05) is 20.3 Å². The van der Waals surface area contributed by atoms with Gasteiger partial charge in [0.25, 0.3) is 0 Å². The lowest BCUT2D eigenvalue weighted by atomic mass is 9.88. The minimum atomic E-state index is 0.0193. The topological polar surface area (TPSA) is 38.7 Å². The fourth-order valence-electron chi connectivity index (χ4n) is 1.95. The molecule has 0 aliphatic carbocycles. The molecule has 3 nitrogen and oxygen atoms in total. The zero-order chi connectivity index (χ0) is 11.9. The van der Waals surface area contributed by atoms with Crippen LogP contribution in [0.5, 0.6) is 0 Å². The smallest absolute Gasteiger partial charge is 0.157 e. The number of aliphatic hydroxyl groups excluding tert-OH is 1. The van der Waals surface area contributed by atoms with E-state index in [-0.39, 0.29) is 11.7 Å². The Kier molecular flexibility index (Phi) is 6.32. The first-order chi connectivity index (χ1) is 7.64. The Hall–Kier alpha value is -0.120. The summed E-state index contributed by atoms with van der Waals surface area (Å²) in [6.45, 7) is 6.32. The third-order valence-electron chi connectivity index (χ3n) is 3.06. The van der Waals surface area contributed by atoms with Crippen LogP contribution in [0.1, 0.15) is 52.4 Å². The van der Waals surface area contributed by atoms with Crippen LogP contribution in [0.3, 0.4) is 0 Å². The van der Waals surface area contributed by atoms with Gasteiger partial charge in [0.15, 0.2) is 6.29 Å². The van der Waals surface area contributed by atoms with Gasteiger partial charge in [0, 0.05) is 13.2 Å². The minimum Gasteiger partial charge on any atom is -0.396 e. The van der Waals surface area contributed by atoms with Gasteiger partial charge in [-0.25, -0.2) is 0 Å². The van der Waals surface area contributed by atoms with Crippen LogP contribution in [0.15, 0.2) is 0 Å². The average Bonchev–Trinajstić information content (AvgIpc) is 2.28. The van der Waals surface area contributed by atoms with Crippen LogP contribution in [0.25, 0.3) is 0 Å². The standard InChI is InChI=1S/C13H26O3/c1-13(2,8-4-5-9-14)11-16-12-7-3-6-10-15-12/h12,14H,3-11H2,1-2H3. The lowest BCUT2D eigenvalue weighted by molar-refractivity contribution is -0.176. The lowest BCUT2D eigenvalue weighted by Gasteiger charge is -2.29. The summed E-state index contributed by atoms with van der Waals surface area (Å²) in [6, 6.07) is 0. The van der Waals surface area contributed by atoms with Crippen molar-refractivity contribution < 1.29 is 14.6 Å². The lowest BCUT2D eigenvalue weighted by Crippen LogP contribution is -2.28. The van der Waals surface area contributed by atoms with Crippen molar-refractivity contribution in [2.45, 2.75) is 58.7 Å². The molecule has 0 amide bonds. The largest absolute Gasteiger partial charge is 0.396 e. The Morgan fingerprint density at radius 1 is 1.31 bits per heavy atom. The van der Waals surface area contributed by atoms with Crippen LogP contribution in [0.4, 0.5) is 0 Å². The monoisotopic (exact) mass is 230 g/mol. The van der Waals surface area contributed by atoms with Crippen LogP contribution in [0, 0.1) is 5.41 Å². The molecule has 1 atom stereocenters. The molecule has 0 saturated carbocycles. The van der Waals surface area contributed by atoms with E-state index in [2.05, 4.69) is 13.8 Å². The predicted octanol–water partition coefficient (Wildman–Crippen LogP) is 2.72. The van der Waals surface area contributed by atoms with Crippen molar-refractivity contribution in [3.8, 4) is 0 Å². The molecule has 1 unspecified atom stereocenters. The van der Waals surface area contributed by atoms with E-state index in [0.717, 1.165) is 38.9 Å². The molecule has 0 spiro atoms. The maximum Gasteiger partial charge on any atom is 0.157 e. The Bertz CT molecular complexity index is 174. The molecule has 1 fully saturated rings. The van der Waals surface area contributed by atoms with Gasteiger partial charge in [0.05, 0.1) is 6.61 Å². The second-order valence-corrected chi connectivity index (χ2v) is 5.45. The van der Waals surface area contributed by atoms with E-state index in [1.807, 2.05) is 0 Å². The SMILES string of the molecule is CC(C)(CCCCO)COC1CCCCO1. The van der Waals surface area contributed by atoms with Gasteiger partial charge in [0.1, 0.15) is 0 Å². The maximum atomic E-state index is 8.75. The van der Waals surface area contributed by atoms with Crippen molar-refractivity contribution in [2.75, 3.05) is 19.8 Å². The predicted molar refractivity (Wildman–Crippen MR) is 64.3 cm³/mol. The Morgan fingerprint density at radius 2 is 2.12 bits per heavy atom. The summed E-state index contributed by atoms with van der Waals surface area (Å²) in [4.78, 5) is 0. The zero-order valence-corrected chi connectivity index (χ0v) is 10.7. The molecule has 1 saturated heterocycles. The molecule has 96 valence electrons. The van der Waals surface area contributed by atoms with Crippen LogP contribution < -0.4 is 0 Å². The van der Waals surface area contributed by atoms with Crippen molar-refractivity contribution in [3.05, 3.63) is 0 Å². The quantitative estimate of drug-likeness (QED) is 0.683. The number of aliphatic hydroxyl groups is 1. The fourth-order valence-corrected chi connectivity index (χ4v) is 1.95. The molecule has 1 heterocycles. The molecule has 1 aliphatic rings. The van der Waals surface area contributed by atoms with Gasteiger partial charge < -0.3 is 14.6 Å². The summed E-state index contributed by atoms with van der Waals surface area (Å²) < 4.78 is 11.3. The molecular formula is C13H26O3. The number of ether oxygens (including phenoxy) is 2. The van der Waals surface area contributed by atoms with Crippen molar-refractivity contribution in [3.63, 3.8) is 0 Å². The second-order valence-electron chi connectivity index (χ2n) is 5.45. The molecule has 0 bridgehead atoms. The number of hydrogen-bond acceptors (Lipinski definition) is 3. The van der Waals surface area contributed by atoms with Gasteiger partial charge >= 0.3 is 0 Å². The normalized spacial score (nSPS) is 22.3. The molecule has 3 heteroatoms. The first-order valence-electron chi connectivity index (χ1n) is 6.48. The Morgan fingerprint density at radius 3 is 2.75 bits per heavy atom. The summed E-state index contributed by atoms with van der Waals surface area (Å²) in [7, 11) is 0. The van der Waals surface area contributed by atoms with Crippen LogP contribution in [0.2, 0.25) is 0 Å². The molecule has 16 heavy (non-hydrogen) atoms. The van der Waals surface area contributed by atoms with E-state index >= 15 is 0 Å². The minimum absolute atomic E-state index is 0.0193.